The molecule has 0 saturated heterocycles. The number of aromatic nitrogens is 4. The standard InChI is InChI=1S/C27H22ClN5OS/c1-2-33-26(31-32-27(33)35-17-25(34)30-23-15-9-7-13-21(23)28)20-16-24(18-10-4-3-5-11-18)29-22-14-8-6-12-19(20)22/h3-16H,2,17H2,1H3,(H,30,34). The minimum absolute atomic E-state index is 0.156. The average Bonchev–Trinajstić information content (AvgIpc) is 3.31. The molecule has 0 atom stereocenters. The number of nitrogens with zero attached hydrogens (tertiary/aromatic N) is 4. The van der Waals surface area contributed by atoms with Crippen molar-refractivity contribution in [3.05, 3.63) is 90.0 Å². The maximum Gasteiger partial charge on any atom is 0.234 e. The van der Waals surface area contributed by atoms with Gasteiger partial charge in [0.25, 0.3) is 0 Å². The second-order valence-corrected chi connectivity index (χ2v) is 9.16. The number of hydrogen-bond donors (Lipinski definition) is 1. The van der Waals surface area contributed by atoms with Crippen LogP contribution in [0, 0.1) is 0 Å². The fourth-order valence-corrected chi connectivity index (χ4v) is 4.86. The minimum Gasteiger partial charge on any atom is -0.324 e. The molecule has 5 aromatic rings. The van der Waals surface area contributed by atoms with E-state index in [0.29, 0.717) is 22.4 Å². The van der Waals surface area contributed by atoms with Crippen LogP contribution in [0.25, 0.3) is 33.5 Å². The number of nitrogens with one attached hydrogen (secondary N) is 1. The van der Waals surface area contributed by atoms with Crippen LogP contribution in [0.1, 0.15) is 6.92 Å². The third kappa shape index (κ3) is 4.92. The van der Waals surface area contributed by atoms with Crippen LogP contribution in [-0.2, 0) is 11.3 Å². The van der Waals surface area contributed by atoms with Crippen LogP contribution in [-0.4, -0.2) is 31.4 Å². The van der Waals surface area contributed by atoms with E-state index in [0.717, 1.165) is 33.5 Å². The summed E-state index contributed by atoms with van der Waals surface area (Å²) in [7, 11) is 0. The number of thioether (sulfide) groups is 1. The average molecular weight is 500 g/mol. The summed E-state index contributed by atoms with van der Waals surface area (Å²) in [4.78, 5) is 17.4. The summed E-state index contributed by atoms with van der Waals surface area (Å²) in [6.07, 6.45) is 0. The molecule has 2 aromatic heterocycles. The Kier molecular flexibility index (Phi) is 6.79. The third-order valence-corrected chi connectivity index (χ3v) is 6.84. The van der Waals surface area contributed by atoms with E-state index in [1.807, 2.05) is 78.2 Å². The third-order valence-electron chi connectivity index (χ3n) is 5.54. The van der Waals surface area contributed by atoms with E-state index in [1.54, 1.807) is 12.1 Å². The van der Waals surface area contributed by atoms with Crippen molar-refractivity contribution in [3.63, 3.8) is 0 Å². The lowest BCUT2D eigenvalue weighted by Crippen LogP contribution is -2.15. The number of halogens is 1. The Morgan fingerprint density at radius 1 is 0.971 bits per heavy atom. The molecule has 0 saturated carbocycles. The van der Waals surface area contributed by atoms with E-state index in [4.69, 9.17) is 16.6 Å². The Bertz CT molecular complexity index is 1500. The highest BCUT2D eigenvalue weighted by Gasteiger charge is 2.18. The monoisotopic (exact) mass is 499 g/mol. The van der Waals surface area contributed by atoms with Gasteiger partial charge < -0.3 is 9.88 Å². The summed E-state index contributed by atoms with van der Waals surface area (Å²) in [5, 5.41) is 14.0. The Hall–Kier alpha value is -3.68. The molecule has 174 valence electrons. The second-order valence-electron chi connectivity index (χ2n) is 7.81. The highest BCUT2D eigenvalue weighted by molar-refractivity contribution is 7.99. The van der Waals surface area contributed by atoms with Gasteiger partial charge in [0, 0.05) is 23.1 Å². The lowest BCUT2D eigenvalue weighted by molar-refractivity contribution is -0.113. The number of hydrogen-bond acceptors (Lipinski definition) is 5. The molecule has 0 radical (unpaired) electrons. The van der Waals surface area contributed by atoms with E-state index in [1.165, 1.54) is 11.8 Å². The molecule has 5 rings (SSSR count). The van der Waals surface area contributed by atoms with Gasteiger partial charge in [0.15, 0.2) is 11.0 Å². The first-order chi connectivity index (χ1) is 17.1. The van der Waals surface area contributed by atoms with Gasteiger partial charge in [0.1, 0.15) is 0 Å². The van der Waals surface area contributed by atoms with Gasteiger partial charge in [0.05, 0.1) is 27.7 Å². The lowest BCUT2D eigenvalue weighted by atomic mass is 10.0. The predicted octanol–water partition coefficient (Wildman–Crippen LogP) is 6.56. The van der Waals surface area contributed by atoms with Gasteiger partial charge in [-0.3, -0.25) is 4.79 Å². The summed E-state index contributed by atoms with van der Waals surface area (Å²) in [6, 6.07) is 27.4. The molecule has 0 aliphatic rings. The van der Waals surface area contributed by atoms with E-state index in [-0.39, 0.29) is 11.7 Å². The van der Waals surface area contributed by atoms with Crippen molar-refractivity contribution in [3.8, 4) is 22.6 Å². The zero-order valence-corrected chi connectivity index (χ0v) is 20.6. The molecule has 0 aliphatic heterocycles. The number of pyridine rings is 1. The smallest absolute Gasteiger partial charge is 0.234 e. The minimum atomic E-state index is -0.156. The van der Waals surface area contributed by atoms with Crippen LogP contribution in [0.2, 0.25) is 5.02 Å². The number of amides is 1. The number of para-hydroxylation sites is 2. The number of carbonyl (C=O) groups is 1. The van der Waals surface area contributed by atoms with Gasteiger partial charge in [-0.2, -0.15) is 0 Å². The number of anilines is 1. The van der Waals surface area contributed by atoms with Gasteiger partial charge in [0.2, 0.25) is 5.91 Å². The molecule has 2 heterocycles. The molecule has 0 aliphatic carbocycles. The quantitative estimate of drug-likeness (QED) is 0.256. The van der Waals surface area contributed by atoms with E-state index in [2.05, 4.69) is 21.6 Å². The predicted molar refractivity (Wildman–Crippen MR) is 143 cm³/mol. The van der Waals surface area contributed by atoms with Crippen LogP contribution in [0.3, 0.4) is 0 Å². The van der Waals surface area contributed by atoms with Gasteiger partial charge in [-0.1, -0.05) is 84.0 Å². The maximum atomic E-state index is 12.5. The van der Waals surface area contributed by atoms with Crippen LogP contribution in [0.4, 0.5) is 5.69 Å². The normalized spacial score (nSPS) is 11.0. The number of benzene rings is 3. The highest BCUT2D eigenvalue weighted by Crippen LogP contribution is 2.33. The Labute approximate surface area is 212 Å². The van der Waals surface area contributed by atoms with Crippen LogP contribution in [0.5, 0.6) is 0 Å². The van der Waals surface area contributed by atoms with E-state index in [9.17, 15) is 4.79 Å². The molecular weight excluding hydrogens is 478 g/mol. The second kappa shape index (κ2) is 10.3. The summed E-state index contributed by atoms with van der Waals surface area (Å²) in [5.74, 6) is 0.781. The topological polar surface area (TPSA) is 72.7 Å². The fraction of sp³-hybridized carbons (Fsp3) is 0.111. The van der Waals surface area contributed by atoms with Crippen molar-refractivity contribution < 1.29 is 4.79 Å². The molecule has 35 heavy (non-hydrogen) atoms. The Morgan fingerprint density at radius 2 is 1.71 bits per heavy atom. The van der Waals surface area contributed by atoms with Gasteiger partial charge in [-0.25, -0.2) is 4.98 Å². The summed E-state index contributed by atoms with van der Waals surface area (Å²) >= 11 is 7.50. The molecule has 1 N–H and O–H groups in total. The van der Waals surface area contributed by atoms with Crippen molar-refractivity contribution >= 4 is 45.9 Å². The number of rotatable bonds is 7. The molecule has 0 spiro atoms. The highest BCUT2D eigenvalue weighted by atomic mass is 35.5. The summed E-state index contributed by atoms with van der Waals surface area (Å²) in [6.45, 7) is 2.70. The zero-order chi connectivity index (χ0) is 24.2. The van der Waals surface area contributed by atoms with Crippen LogP contribution < -0.4 is 5.32 Å². The first-order valence-corrected chi connectivity index (χ1v) is 12.6. The van der Waals surface area contributed by atoms with E-state index < -0.39 is 0 Å². The van der Waals surface area contributed by atoms with Crippen LogP contribution >= 0.6 is 23.4 Å². The van der Waals surface area contributed by atoms with Crippen LogP contribution in [0.15, 0.2) is 90.1 Å². The first-order valence-electron chi connectivity index (χ1n) is 11.2. The van der Waals surface area contributed by atoms with Gasteiger partial charge in [-0.15, -0.1) is 10.2 Å². The van der Waals surface area contributed by atoms with Crippen molar-refractivity contribution in [1.29, 1.82) is 0 Å². The first kappa shape index (κ1) is 23.1. The molecule has 1 amide bonds. The number of carbonyl (C=O) groups excluding carboxylic acids is 1. The van der Waals surface area contributed by atoms with Crippen molar-refractivity contribution in [1.82, 2.24) is 19.7 Å². The molecule has 0 fully saturated rings. The molecule has 8 heteroatoms. The molecule has 0 unspecified atom stereocenters. The molecule has 6 nitrogen and oxygen atoms in total. The Balaban J connectivity index is 1.46. The van der Waals surface area contributed by atoms with Crippen molar-refractivity contribution in [2.75, 3.05) is 11.1 Å². The lowest BCUT2D eigenvalue weighted by Gasteiger charge is -2.12. The van der Waals surface area contributed by atoms with Gasteiger partial charge >= 0.3 is 0 Å². The molecule has 0 bridgehead atoms. The summed E-state index contributed by atoms with van der Waals surface area (Å²) in [5.41, 5.74) is 4.35. The van der Waals surface area contributed by atoms with Gasteiger partial charge in [-0.05, 0) is 31.2 Å². The SMILES string of the molecule is CCn1c(SCC(=O)Nc2ccccc2Cl)nnc1-c1cc(-c2ccccc2)nc2ccccc12. The van der Waals surface area contributed by atoms with E-state index >= 15 is 0 Å². The maximum absolute atomic E-state index is 12.5. The zero-order valence-electron chi connectivity index (χ0n) is 19.0. The Morgan fingerprint density at radius 3 is 2.51 bits per heavy atom. The molecule has 3 aromatic carbocycles. The fourth-order valence-electron chi connectivity index (χ4n) is 3.88. The van der Waals surface area contributed by atoms with Crippen molar-refractivity contribution in [2.45, 2.75) is 18.6 Å². The number of fused-ring (bicyclic) bond motifs is 1. The summed E-state index contributed by atoms with van der Waals surface area (Å²) < 4.78 is 2.03. The van der Waals surface area contributed by atoms with Crippen molar-refractivity contribution in [2.24, 2.45) is 0 Å². The molecular formula is C27H22ClN5OS. The largest absolute Gasteiger partial charge is 0.324 e.